The highest BCUT2D eigenvalue weighted by Crippen LogP contribution is 2.71. The van der Waals surface area contributed by atoms with Gasteiger partial charge in [-0.05, 0) is 98.2 Å². The Morgan fingerprint density at radius 1 is 0.395 bits per heavy atom. The number of para-hydroxylation sites is 4. The van der Waals surface area contributed by atoms with Gasteiger partial charge >= 0.3 is 0 Å². The molecule has 4 heterocycles. The molecule has 0 bridgehead atoms. The van der Waals surface area contributed by atoms with E-state index in [0.29, 0.717) is 0 Å². The third-order valence-corrected chi connectivity index (χ3v) is 16.6. The first kappa shape index (κ1) is 42.6. The predicted octanol–water partition coefficient (Wildman–Crippen LogP) is 16.4. The summed E-state index contributed by atoms with van der Waals surface area (Å²) >= 11 is 0. The number of anilines is 3. The SMILES string of the molecule is c1ccc(-c2nc3ccccc3n2-c2cc3c(c4ccccc24)-c2ncccc2C3(c2ccccc2)C2(c3ccccc3)c3cccnc3-c3c2cc(N2c4ccccc4NC2c2ccccc2)c2ccccc32)cc1. The second-order valence-electron chi connectivity index (χ2n) is 20.2. The number of aromatic nitrogens is 4. The molecule has 16 rings (SSSR count). The zero-order valence-electron chi connectivity index (χ0n) is 41.2. The van der Waals surface area contributed by atoms with Crippen molar-refractivity contribution in [3.8, 4) is 39.6 Å². The van der Waals surface area contributed by atoms with Gasteiger partial charge in [-0.3, -0.25) is 14.5 Å². The van der Waals surface area contributed by atoms with Crippen LogP contribution in [-0.4, -0.2) is 19.5 Å². The van der Waals surface area contributed by atoms with Crippen LogP contribution in [0.4, 0.5) is 17.1 Å². The molecule has 0 saturated heterocycles. The number of rotatable bonds is 7. The Hall–Kier alpha value is -9.91. The summed E-state index contributed by atoms with van der Waals surface area (Å²) in [5, 5.41) is 8.52. The molecule has 3 aromatic heterocycles. The molecule has 3 unspecified atom stereocenters. The quantitative estimate of drug-likeness (QED) is 0.172. The molecule has 0 amide bonds. The van der Waals surface area contributed by atoms with Crippen LogP contribution in [0.25, 0.3) is 72.2 Å². The second-order valence-corrected chi connectivity index (χ2v) is 20.2. The van der Waals surface area contributed by atoms with Gasteiger partial charge in [0.25, 0.3) is 0 Å². The lowest BCUT2D eigenvalue weighted by atomic mass is 9.49. The van der Waals surface area contributed by atoms with Gasteiger partial charge in [0.1, 0.15) is 12.0 Å². The highest BCUT2D eigenvalue weighted by atomic mass is 15.3. The van der Waals surface area contributed by atoms with Gasteiger partial charge in [0.15, 0.2) is 0 Å². The Bertz CT molecular complexity index is 4460. The largest absolute Gasteiger partial charge is 0.359 e. The molecule has 3 aliphatic rings. The molecule has 1 N–H and O–H groups in total. The topological polar surface area (TPSA) is 58.9 Å². The molecule has 0 radical (unpaired) electrons. The van der Waals surface area contributed by atoms with E-state index < -0.39 is 10.8 Å². The molecule has 2 aliphatic carbocycles. The van der Waals surface area contributed by atoms with Crippen molar-refractivity contribution in [3.05, 3.63) is 306 Å². The van der Waals surface area contributed by atoms with Crippen LogP contribution < -0.4 is 10.2 Å². The monoisotopic (exact) mass is 970 g/mol. The summed E-state index contributed by atoms with van der Waals surface area (Å²) in [6, 6.07) is 93.3. The summed E-state index contributed by atoms with van der Waals surface area (Å²) in [5.41, 5.74) is 17.7. The lowest BCUT2D eigenvalue weighted by Gasteiger charge is -2.50. The molecular weight excluding hydrogens is 925 g/mol. The van der Waals surface area contributed by atoms with Gasteiger partial charge in [-0.25, -0.2) is 4.98 Å². The summed E-state index contributed by atoms with van der Waals surface area (Å²) < 4.78 is 2.40. The number of imidazole rings is 1. The van der Waals surface area contributed by atoms with Crippen molar-refractivity contribution in [1.29, 1.82) is 0 Å². The summed E-state index contributed by atoms with van der Waals surface area (Å²) in [7, 11) is 0. The van der Waals surface area contributed by atoms with E-state index in [2.05, 4.69) is 270 Å². The number of nitrogens with one attached hydrogen (secondary N) is 1. The van der Waals surface area contributed by atoms with E-state index in [1.807, 2.05) is 12.4 Å². The molecule has 6 nitrogen and oxygen atoms in total. The fraction of sp³-hybridized carbons (Fsp3) is 0.0429. The van der Waals surface area contributed by atoms with Crippen LogP contribution in [0.3, 0.4) is 0 Å². The zero-order valence-corrected chi connectivity index (χ0v) is 41.2. The summed E-state index contributed by atoms with van der Waals surface area (Å²) in [6.07, 6.45) is 3.77. The van der Waals surface area contributed by atoms with Crippen LogP contribution in [-0.2, 0) is 10.8 Å². The zero-order chi connectivity index (χ0) is 50.0. The minimum Gasteiger partial charge on any atom is -0.359 e. The maximum absolute atomic E-state index is 5.54. The van der Waals surface area contributed by atoms with Crippen molar-refractivity contribution in [1.82, 2.24) is 19.5 Å². The predicted molar refractivity (Wildman–Crippen MR) is 308 cm³/mol. The van der Waals surface area contributed by atoms with Crippen LogP contribution in [0.2, 0.25) is 0 Å². The molecule has 3 atom stereocenters. The van der Waals surface area contributed by atoms with E-state index in [-0.39, 0.29) is 6.17 Å². The molecule has 1 aliphatic heterocycles. The van der Waals surface area contributed by atoms with Crippen molar-refractivity contribution >= 4 is 49.6 Å². The van der Waals surface area contributed by atoms with Crippen LogP contribution in [0, 0.1) is 0 Å². The molecule has 6 heteroatoms. The van der Waals surface area contributed by atoms with Crippen LogP contribution in [0.15, 0.2) is 267 Å². The fourth-order valence-electron chi connectivity index (χ4n) is 13.9. The first-order valence-corrected chi connectivity index (χ1v) is 26.1. The third kappa shape index (κ3) is 5.62. The van der Waals surface area contributed by atoms with Crippen molar-refractivity contribution in [3.63, 3.8) is 0 Å². The van der Waals surface area contributed by atoms with E-state index in [0.717, 1.165) is 117 Å². The van der Waals surface area contributed by atoms with Crippen LogP contribution >= 0.6 is 0 Å². The summed E-state index contributed by atoms with van der Waals surface area (Å²) in [5.74, 6) is 0.882. The number of benzene rings is 10. The maximum Gasteiger partial charge on any atom is 0.145 e. The minimum atomic E-state index is -0.987. The van der Waals surface area contributed by atoms with Crippen molar-refractivity contribution < 1.29 is 0 Å². The van der Waals surface area contributed by atoms with E-state index in [9.17, 15) is 0 Å². The second kappa shape index (κ2) is 16.3. The van der Waals surface area contributed by atoms with Gasteiger partial charge in [0, 0.05) is 39.9 Å². The Morgan fingerprint density at radius 2 is 0.882 bits per heavy atom. The van der Waals surface area contributed by atoms with Crippen LogP contribution in [0.1, 0.15) is 45.1 Å². The van der Waals surface area contributed by atoms with Crippen LogP contribution in [0.5, 0.6) is 0 Å². The Balaban J connectivity index is 1.12. The standard InChI is InChI=1S/C70H46N6/c1-5-23-45(24-6-1)67-73-57-37-17-19-39-59(57)75(67)61-43-55-63(51-33-15-13-31-49(51)61)65-53(35-21-41-71-65)69(55,47-27-9-3-10-28-47)70(48-29-11-4-12-30-48)54-36-22-42-72-66(54)64-52-34-16-14-32-50(52)62(44-56(64)70)76-60-40-20-18-38-58(60)74-68(76)46-25-7-2-8-26-46/h1-44,67,73H. The first-order valence-electron chi connectivity index (χ1n) is 26.1. The molecule has 0 spiro atoms. The fourth-order valence-corrected chi connectivity index (χ4v) is 13.9. The van der Waals surface area contributed by atoms with Gasteiger partial charge in [0.2, 0.25) is 0 Å². The first-order chi connectivity index (χ1) is 37.7. The Labute approximate surface area is 439 Å². The molecule has 0 saturated carbocycles. The maximum atomic E-state index is 5.54. The number of hydrogen-bond acceptors (Lipinski definition) is 5. The number of nitrogens with zero attached hydrogens (tertiary/aromatic N) is 5. The Morgan fingerprint density at radius 3 is 1.50 bits per heavy atom. The van der Waals surface area contributed by atoms with E-state index in [1.165, 1.54) is 11.1 Å². The smallest absolute Gasteiger partial charge is 0.145 e. The molecule has 10 aromatic carbocycles. The van der Waals surface area contributed by atoms with E-state index in [4.69, 9.17) is 15.0 Å². The number of pyridine rings is 2. The number of hydrogen-bond donors (Lipinski definition) is 1. The molecular formula is C70H46N6. The van der Waals surface area contributed by atoms with Gasteiger partial charge in [-0.2, -0.15) is 0 Å². The van der Waals surface area contributed by atoms with E-state index >= 15 is 0 Å². The van der Waals surface area contributed by atoms with Gasteiger partial charge in [0.05, 0.1) is 56.0 Å². The van der Waals surface area contributed by atoms with Crippen molar-refractivity contribution in [2.24, 2.45) is 0 Å². The summed E-state index contributed by atoms with van der Waals surface area (Å²) in [4.78, 5) is 19.1. The normalized spacial score (nSPS) is 17.8. The molecule has 13 aromatic rings. The van der Waals surface area contributed by atoms with Gasteiger partial charge in [-0.15, -0.1) is 0 Å². The lowest BCUT2D eigenvalue weighted by molar-refractivity contribution is 0.436. The van der Waals surface area contributed by atoms with Gasteiger partial charge in [-0.1, -0.05) is 206 Å². The summed E-state index contributed by atoms with van der Waals surface area (Å²) in [6.45, 7) is 0. The molecule has 76 heavy (non-hydrogen) atoms. The lowest BCUT2D eigenvalue weighted by Crippen LogP contribution is -2.50. The molecule has 0 fully saturated rings. The highest BCUT2D eigenvalue weighted by Gasteiger charge is 2.65. The van der Waals surface area contributed by atoms with Crippen molar-refractivity contribution in [2.75, 3.05) is 10.2 Å². The highest BCUT2D eigenvalue weighted by molar-refractivity contribution is 6.12. The Kier molecular flexibility index (Phi) is 9.13. The average molecular weight is 971 g/mol. The minimum absolute atomic E-state index is 0.189. The van der Waals surface area contributed by atoms with E-state index in [1.54, 1.807) is 0 Å². The molecule has 356 valence electrons. The number of fused-ring (bicyclic) bond motifs is 12. The van der Waals surface area contributed by atoms with Gasteiger partial charge < -0.3 is 10.2 Å². The van der Waals surface area contributed by atoms with Crippen molar-refractivity contribution in [2.45, 2.75) is 17.0 Å². The average Bonchev–Trinajstić information content (AvgIpc) is 4.03. The third-order valence-electron chi connectivity index (χ3n) is 16.6.